The molecule has 2 aromatic rings. The summed E-state index contributed by atoms with van der Waals surface area (Å²) in [4.78, 5) is 3.89. The Bertz CT molecular complexity index is 737. The molecule has 1 heterocycles. The summed E-state index contributed by atoms with van der Waals surface area (Å²) in [6.45, 7) is 0. The number of hydrogen-bond acceptors (Lipinski definition) is 4. The highest BCUT2D eigenvalue weighted by atomic mass is 35.5. The van der Waals surface area contributed by atoms with Crippen molar-refractivity contribution >= 4 is 33.1 Å². The minimum Gasteiger partial charge on any atom is -0.373 e. The zero-order chi connectivity index (χ0) is 14.8. The van der Waals surface area contributed by atoms with Gasteiger partial charge < -0.3 is 5.32 Å². The highest BCUT2D eigenvalue weighted by Crippen LogP contribution is 2.22. The number of halogens is 2. The predicted molar refractivity (Wildman–Crippen MR) is 76.0 cm³/mol. The van der Waals surface area contributed by atoms with E-state index in [0.717, 1.165) is 6.07 Å². The van der Waals surface area contributed by atoms with Crippen LogP contribution in [0.15, 0.2) is 41.4 Å². The number of benzene rings is 1. The SMILES string of the molecule is CNc1cc(S(=O)(=O)Nc2ccc(Cl)cc2F)ccn1. The molecule has 0 aliphatic rings. The molecular weight excluding hydrogens is 305 g/mol. The van der Waals surface area contributed by atoms with Gasteiger partial charge in [-0.25, -0.2) is 17.8 Å². The van der Waals surface area contributed by atoms with Crippen molar-refractivity contribution in [2.24, 2.45) is 0 Å². The van der Waals surface area contributed by atoms with Crippen LogP contribution in [0.2, 0.25) is 5.02 Å². The largest absolute Gasteiger partial charge is 0.373 e. The van der Waals surface area contributed by atoms with E-state index in [1.165, 1.54) is 30.5 Å². The van der Waals surface area contributed by atoms with Crippen LogP contribution in [-0.4, -0.2) is 20.4 Å². The molecule has 8 heteroatoms. The first-order valence-electron chi connectivity index (χ1n) is 5.54. The Morgan fingerprint density at radius 3 is 2.65 bits per heavy atom. The molecule has 5 nitrogen and oxygen atoms in total. The van der Waals surface area contributed by atoms with Gasteiger partial charge in [-0.15, -0.1) is 0 Å². The van der Waals surface area contributed by atoms with Gasteiger partial charge in [-0.3, -0.25) is 4.72 Å². The summed E-state index contributed by atoms with van der Waals surface area (Å²) in [7, 11) is -2.28. The Morgan fingerprint density at radius 2 is 2.00 bits per heavy atom. The first kappa shape index (κ1) is 14.5. The smallest absolute Gasteiger partial charge is 0.262 e. The van der Waals surface area contributed by atoms with Crippen molar-refractivity contribution < 1.29 is 12.8 Å². The molecular formula is C12H11ClFN3O2S. The average Bonchev–Trinajstić information content (AvgIpc) is 2.42. The molecule has 0 fully saturated rings. The third kappa shape index (κ3) is 3.17. The number of aromatic nitrogens is 1. The van der Waals surface area contributed by atoms with Gasteiger partial charge in [0.15, 0.2) is 0 Å². The number of nitrogens with one attached hydrogen (secondary N) is 2. The number of nitrogens with zero attached hydrogens (tertiary/aromatic N) is 1. The summed E-state index contributed by atoms with van der Waals surface area (Å²) in [5.41, 5.74) is -0.169. The van der Waals surface area contributed by atoms with Crippen molar-refractivity contribution in [3.8, 4) is 0 Å². The quantitative estimate of drug-likeness (QED) is 0.910. The van der Waals surface area contributed by atoms with Crippen LogP contribution in [0.1, 0.15) is 0 Å². The van der Waals surface area contributed by atoms with Crippen molar-refractivity contribution in [3.63, 3.8) is 0 Å². The second-order valence-corrected chi connectivity index (χ2v) is 5.98. The van der Waals surface area contributed by atoms with E-state index in [-0.39, 0.29) is 15.6 Å². The first-order chi connectivity index (χ1) is 9.42. The molecule has 0 atom stereocenters. The molecule has 0 radical (unpaired) electrons. The fourth-order valence-corrected chi connectivity index (χ4v) is 2.73. The van der Waals surface area contributed by atoms with Crippen molar-refractivity contribution in [1.29, 1.82) is 0 Å². The van der Waals surface area contributed by atoms with Crippen LogP contribution in [0.25, 0.3) is 0 Å². The van der Waals surface area contributed by atoms with E-state index < -0.39 is 15.8 Å². The Morgan fingerprint density at radius 1 is 1.25 bits per heavy atom. The molecule has 0 unspecified atom stereocenters. The lowest BCUT2D eigenvalue weighted by Crippen LogP contribution is -2.14. The first-order valence-corrected chi connectivity index (χ1v) is 7.40. The number of pyridine rings is 1. The molecule has 2 rings (SSSR count). The molecule has 2 N–H and O–H groups in total. The van der Waals surface area contributed by atoms with Crippen LogP contribution < -0.4 is 10.0 Å². The third-order valence-corrected chi connectivity index (χ3v) is 4.07. The molecule has 0 bridgehead atoms. The molecule has 0 saturated heterocycles. The minimum atomic E-state index is -3.89. The van der Waals surface area contributed by atoms with E-state index in [9.17, 15) is 12.8 Å². The average molecular weight is 316 g/mol. The maximum absolute atomic E-state index is 13.6. The molecule has 0 aliphatic heterocycles. The molecule has 1 aromatic heterocycles. The number of rotatable bonds is 4. The van der Waals surface area contributed by atoms with E-state index in [1.807, 2.05) is 0 Å². The van der Waals surface area contributed by atoms with Gasteiger partial charge in [-0.1, -0.05) is 11.6 Å². The van der Waals surface area contributed by atoms with E-state index in [2.05, 4.69) is 15.0 Å². The highest BCUT2D eigenvalue weighted by Gasteiger charge is 2.17. The Labute approximate surface area is 120 Å². The van der Waals surface area contributed by atoms with E-state index in [1.54, 1.807) is 7.05 Å². The molecule has 0 saturated carbocycles. The van der Waals surface area contributed by atoms with Crippen LogP contribution in [0, 0.1) is 5.82 Å². The number of anilines is 2. The van der Waals surface area contributed by atoms with Gasteiger partial charge >= 0.3 is 0 Å². The summed E-state index contributed by atoms with van der Waals surface area (Å²) < 4.78 is 40.1. The van der Waals surface area contributed by atoms with Crippen molar-refractivity contribution in [2.45, 2.75) is 4.90 Å². The molecule has 20 heavy (non-hydrogen) atoms. The standard InChI is InChI=1S/C12H11ClFN3O2S/c1-15-12-7-9(4-5-16-12)20(18,19)17-11-3-2-8(13)6-10(11)14/h2-7,17H,1H3,(H,15,16). The molecule has 106 valence electrons. The van der Waals surface area contributed by atoms with Crippen molar-refractivity contribution in [3.05, 3.63) is 47.4 Å². The molecule has 1 aromatic carbocycles. The lowest BCUT2D eigenvalue weighted by Gasteiger charge is -2.10. The highest BCUT2D eigenvalue weighted by molar-refractivity contribution is 7.92. The van der Waals surface area contributed by atoms with Crippen LogP contribution in [-0.2, 0) is 10.0 Å². The van der Waals surface area contributed by atoms with Gasteiger partial charge in [-0.2, -0.15) is 0 Å². The second kappa shape index (κ2) is 5.64. The zero-order valence-corrected chi connectivity index (χ0v) is 12.0. The van der Waals surface area contributed by atoms with Gasteiger partial charge in [0.05, 0.1) is 10.6 Å². The van der Waals surface area contributed by atoms with Gasteiger partial charge in [0.2, 0.25) is 0 Å². The zero-order valence-electron chi connectivity index (χ0n) is 10.4. The Hall–Kier alpha value is -1.86. The van der Waals surface area contributed by atoms with E-state index in [4.69, 9.17) is 11.6 Å². The lowest BCUT2D eigenvalue weighted by molar-refractivity contribution is 0.598. The van der Waals surface area contributed by atoms with Crippen molar-refractivity contribution in [2.75, 3.05) is 17.1 Å². The van der Waals surface area contributed by atoms with E-state index >= 15 is 0 Å². The summed E-state index contributed by atoms with van der Waals surface area (Å²) in [5, 5.41) is 2.91. The molecule has 0 amide bonds. The maximum Gasteiger partial charge on any atom is 0.262 e. The summed E-state index contributed by atoms with van der Waals surface area (Å²) in [6, 6.07) is 6.35. The lowest BCUT2D eigenvalue weighted by atomic mass is 10.3. The molecule has 0 aliphatic carbocycles. The fraction of sp³-hybridized carbons (Fsp3) is 0.0833. The summed E-state index contributed by atoms with van der Waals surface area (Å²) >= 11 is 5.61. The van der Waals surface area contributed by atoms with Crippen LogP contribution >= 0.6 is 11.6 Å². The third-order valence-electron chi connectivity index (χ3n) is 2.47. The minimum absolute atomic E-state index is 0.0220. The number of sulfonamides is 1. The maximum atomic E-state index is 13.6. The second-order valence-electron chi connectivity index (χ2n) is 3.86. The predicted octanol–water partition coefficient (Wildman–Crippen LogP) is 2.72. The van der Waals surface area contributed by atoms with Gasteiger partial charge in [0.25, 0.3) is 10.0 Å². The summed E-state index contributed by atoms with van der Waals surface area (Å²) in [5.74, 6) is -0.353. The monoisotopic (exact) mass is 315 g/mol. The van der Waals surface area contributed by atoms with E-state index in [0.29, 0.717) is 5.82 Å². The van der Waals surface area contributed by atoms with Gasteiger partial charge in [-0.05, 0) is 24.3 Å². The topological polar surface area (TPSA) is 71.1 Å². The Balaban J connectivity index is 2.35. The summed E-state index contributed by atoms with van der Waals surface area (Å²) in [6.07, 6.45) is 1.35. The van der Waals surface area contributed by atoms with Crippen LogP contribution in [0.3, 0.4) is 0 Å². The fourth-order valence-electron chi connectivity index (χ4n) is 1.49. The van der Waals surface area contributed by atoms with Gasteiger partial charge in [0, 0.05) is 24.3 Å². The van der Waals surface area contributed by atoms with Crippen LogP contribution in [0.4, 0.5) is 15.9 Å². The number of hydrogen-bond donors (Lipinski definition) is 2. The Kier molecular flexibility index (Phi) is 4.10. The molecule has 0 spiro atoms. The normalized spacial score (nSPS) is 11.2. The van der Waals surface area contributed by atoms with Crippen molar-refractivity contribution in [1.82, 2.24) is 4.98 Å². The van der Waals surface area contributed by atoms with Gasteiger partial charge in [0.1, 0.15) is 11.6 Å². The van der Waals surface area contributed by atoms with Crippen LogP contribution in [0.5, 0.6) is 0 Å².